The fourth-order valence-electron chi connectivity index (χ4n) is 4.60. The number of likely N-dealkylation sites (tertiary alicyclic amines) is 1. The van der Waals surface area contributed by atoms with Gasteiger partial charge in [-0.2, -0.15) is 0 Å². The summed E-state index contributed by atoms with van der Waals surface area (Å²) in [5, 5.41) is 2.61. The molecule has 28 heavy (non-hydrogen) atoms. The van der Waals surface area contributed by atoms with E-state index in [1.165, 1.54) is 29.3 Å². The van der Waals surface area contributed by atoms with Crippen molar-refractivity contribution in [2.75, 3.05) is 31.1 Å². The van der Waals surface area contributed by atoms with Crippen molar-refractivity contribution in [2.24, 2.45) is 5.41 Å². The number of rotatable bonds is 1. The summed E-state index contributed by atoms with van der Waals surface area (Å²) in [4.78, 5) is 16.7. The first kappa shape index (κ1) is 19.1. The van der Waals surface area contributed by atoms with Gasteiger partial charge in [0.15, 0.2) is 0 Å². The number of carbonyl (C=O) groups excluding carboxylic acids is 1. The van der Waals surface area contributed by atoms with Crippen molar-refractivity contribution in [3.63, 3.8) is 0 Å². The number of piperidine rings is 2. The summed E-state index contributed by atoms with van der Waals surface area (Å²) in [7, 11) is 0. The largest absolute Gasteiger partial charge is 0.444 e. The summed E-state index contributed by atoms with van der Waals surface area (Å²) < 4.78 is 5.54. The lowest BCUT2D eigenvalue weighted by Crippen LogP contribution is -2.49. The van der Waals surface area contributed by atoms with E-state index in [1.54, 1.807) is 0 Å². The second kappa shape index (κ2) is 7.31. The number of hydrogen-bond donors (Lipinski definition) is 0. The molecule has 2 aliphatic heterocycles. The van der Waals surface area contributed by atoms with Crippen molar-refractivity contribution in [2.45, 2.75) is 52.1 Å². The molecule has 2 aliphatic rings. The predicted octanol–water partition coefficient (Wildman–Crippen LogP) is 5.46. The van der Waals surface area contributed by atoms with E-state index in [2.05, 4.69) is 47.4 Å². The summed E-state index contributed by atoms with van der Waals surface area (Å²) in [6.45, 7) is 9.64. The van der Waals surface area contributed by atoms with Crippen molar-refractivity contribution in [1.82, 2.24) is 4.90 Å². The minimum absolute atomic E-state index is 0.157. The molecule has 0 bridgehead atoms. The van der Waals surface area contributed by atoms with Crippen LogP contribution in [-0.2, 0) is 4.74 Å². The van der Waals surface area contributed by atoms with Crippen LogP contribution in [0.4, 0.5) is 10.5 Å². The second-order valence-corrected chi connectivity index (χ2v) is 9.49. The zero-order valence-electron chi connectivity index (χ0n) is 17.4. The lowest BCUT2D eigenvalue weighted by atomic mass is 9.71. The van der Waals surface area contributed by atoms with Crippen molar-refractivity contribution < 1.29 is 9.53 Å². The third-order valence-corrected chi connectivity index (χ3v) is 6.40. The molecule has 0 unspecified atom stereocenters. The molecule has 0 aliphatic carbocycles. The van der Waals surface area contributed by atoms with E-state index < -0.39 is 5.60 Å². The lowest BCUT2D eigenvalue weighted by Gasteiger charge is -2.47. The lowest BCUT2D eigenvalue weighted by molar-refractivity contribution is 0.00666. The molecule has 4 heteroatoms. The van der Waals surface area contributed by atoms with Crippen LogP contribution in [0.5, 0.6) is 0 Å². The average Bonchev–Trinajstić information content (AvgIpc) is 2.67. The van der Waals surface area contributed by atoms with Gasteiger partial charge in [-0.3, -0.25) is 0 Å². The Labute approximate surface area is 168 Å². The quantitative estimate of drug-likeness (QED) is 0.659. The molecule has 2 aromatic rings. The molecule has 0 atom stereocenters. The Kier molecular flexibility index (Phi) is 4.98. The Bertz CT molecular complexity index is 837. The van der Waals surface area contributed by atoms with Crippen LogP contribution in [0.3, 0.4) is 0 Å². The van der Waals surface area contributed by atoms with E-state index in [1.807, 2.05) is 25.7 Å². The van der Waals surface area contributed by atoms with Crippen LogP contribution < -0.4 is 4.90 Å². The summed E-state index contributed by atoms with van der Waals surface area (Å²) in [6.07, 6.45) is 4.45. The molecule has 2 heterocycles. The Morgan fingerprint density at radius 1 is 0.893 bits per heavy atom. The molecule has 0 radical (unpaired) electrons. The van der Waals surface area contributed by atoms with Gasteiger partial charge in [-0.1, -0.05) is 30.3 Å². The number of benzene rings is 2. The minimum atomic E-state index is -0.419. The number of anilines is 1. The summed E-state index contributed by atoms with van der Waals surface area (Å²) in [5.74, 6) is 0. The Morgan fingerprint density at radius 3 is 2.14 bits per heavy atom. The maximum absolute atomic E-state index is 12.3. The molecular weight excluding hydrogens is 348 g/mol. The zero-order valence-corrected chi connectivity index (χ0v) is 17.4. The van der Waals surface area contributed by atoms with E-state index in [0.29, 0.717) is 5.41 Å². The van der Waals surface area contributed by atoms with Crippen LogP contribution in [0.15, 0.2) is 42.5 Å². The van der Waals surface area contributed by atoms with E-state index >= 15 is 0 Å². The molecule has 0 aromatic heterocycles. The molecule has 1 spiro atoms. The van der Waals surface area contributed by atoms with Gasteiger partial charge in [0.2, 0.25) is 0 Å². The number of hydrogen-bond acceptors (Lipinski definition) is 3. The summed E-state index contributed by atoms with van der Waals surface area (Å²) >= 11 is 0. The van der Waals surface area contributed by atoms with Gasteiger partial charge in [-0.25, -0.2) is 4.79 Å². The third-order valence-electron chi connectivity index (χ3n) is 6.40. The van der Waals surface area contributed by atoms with Crippen molar-refractivity contribution >= 4 is 22.6 Å². The Balaban J connectivity index is 1.34. The monoisotopic (exact) mass is 380 g/mol. The van der Waals surface area contributed by atoms with Crippen LogP contribution in [0.25, 0.3) is 10.8 Å². The van der Waals surface area contributed by atoms with Gasteiger partial charge < -0.3 is 14.5 Å². The van der Waals surface area contributed by atoms with E-state index in [-0.39, 0.29) is 6.09 Å². The Hall–Kier alpha value is -2.23. The molecular formula is C24H32N2O2. The van der Waals surface area contributed by atoms with Crippen LogP contribution in [0, 0.1) is 5.41 Å². The smallest absolute Gasteiger partial charge is 0.410 e. The van der Waals surface area contributed by atoms with Crippen LogP contribution >= 0.6 is 0 Å². The number of nitrogens with zero attached hydrogens (tertiary/aromatic N) is 2. The molecule has 2 aromatic carbocycles. The first-order valence-corrected chi connectivity index (χ1v) is 10.6. The SMILES string of the molecule is CC(C)(C)OC(=O)N1CCC2(CC1)CCN(c1ccc3ccccc3c1)CC2. The molecule has 150 valence electrons. The van der Waals surface area contributed by atoms with Crippen LogP contribution in [0.2, 0.25) is 0 Å². The second-order valence-electron chi connectivity index (χ2n) is 9.49. The first-order chi connectivity index (χ1) is 13.3. The number of ether oxygens (including phenoxy) is 1. The first-order valence-electron chi connectivity index (χ1n) is 10.6. The summed E-state index contributed by atoms with van der Waals surface area (Å²) in [6, 6.07) is 15.4. The highest BCUT2D eigenvalue weighted by atomic mass is 16.6. The highest BCUT2D eigenvalue weighted by Gasteiger charge is 2.39. The minimum Gasteiger partial charge on any atom is -0.444 e. The molecule has 2 saturated heterocycles. The van der Waals surface area contributed by atoms with Crippen molar-refractivity contribution in [3.05, 3.63) is 42.5 Å². The normalized spacial score (nSPS) is 19.8. The average molecular weight is 381 g/mol. The molecule has 0 N–H and O–H groups in total. The molecule has 4 nitrogen and oxygen atoms in total. The van der Waals surface area contributed by atoms with Crippen molar-refractivity contribution in [3.8, 4) is 0 Å². The molecule has 0 saturated carbocycles. The van der Waals surface area contributed by atoms with E-state index in [9.17, 15) is 4.79 Å². The molecule has 2 fully saturated rings. The third kappa shape index (κ3) is 4.11. The number of carbonyl (C=O) groups is 1. The standard InChI is InChI=1S/C24H32N2O2/c1-23(2,3)28-22(27)26-16-12-24(13-17-26)10-14-25(15-11-24)21-9-8-19-6-4-5-7-20(19)18-21/h4-9,18H,10-17H2,1-3H3. The van der Waals surface area contributed by atoms with Gasteiger partial charge in [0.05, 0.1) is 0 Å². The number of amides is 1. The fourth-order valence-corrected chi connectivity index (χ4v) is 4.60. The van der Waals surface area contributed by atoms with Gasteiger partial charge in [0.1, 0.15) is 5.60 Å². The molecule has 1 amide bonds. The molecule has 4 rings (SSSR count). The number of fused-ring (bicyclic) bond motifs is 1. The Morgan fingerprint density at radius 2 is 1.50 bits per heavy atom. The fraction of sp³-hybridized carbons (Fsp3) is 0.542. The van der Waals surface area contributed by atoms with Gasteiger partial charge >= 0.3 is 6.09 Å². The van der Waals surface area contributed by atoms with Crippen LogP contribution in [0.1, 0.15) is 46.5 Å². The maximum atomic E-state index is 12.3. The van der Waals surface area contributed by atoms with Gasteiger partial charge in [0, 0.05) is 31.9 Å². The van der Waals surface area contributed by atoms with Crippen LogP contribution in [-0.4, -0.2) is 42.8 Å². The van der Waals surface area contributed by atoms with Gasteiger partial charge in [0.25, 0.3) is 0 Å². The summed E-state index contributed by atoms with van der Waals surface area (Å²) in [5.41, 5.74) is 1.31. The van der Waals surface area contributed by atoms with E-state index in [4.69, 9.17) is 4.74 Å². The van der Waals surface area contributed by atoms with Crippen molar-refractivity contribution in [1.29, 1.82) is 0 Å². The van der Waals surface area contributed by atoms with Gasteiger partial charge in [-0.05, 0) is 74.8 Å². The van der Waals surface area contributed by atoms with E-state index in [0.717, 1.165) is 39.0 Å². The highest BCUT2D eigenvalue weighted by Crippen LogP contribution is 2.42. The predicted molar refractivity (Wildman–Crippen MR) is 115 cm³/mol. The highest BCUT2D eigenvalue weighted by molar-refractivity contribution is 5.85. The maximum Gasteiger partial charge on any atom is 0.410 e. The van der Waals surface area contributed by atoms with Gasteiger partial charge in [-0.15, -0.1) is 0 Å². The zero-order chi connectivity index (χ0) is 19.8. The topological polar surface area (TPSA) is 32.8 Å².